The monoisotopic (exact) mass is 357 g/mol. The number of carbonyl (C=O) groups is 4. The smallest absolute Gasteiger partial charge is 0.303 e. The van der Waals surface area contributed by atoms with E-state index in [-0.39, 0.29) is 13.0 Å². The van der Waals surface area contributed by atoms with Gasteiger partial charge in [-0.3, -0.25) is 19.2 Å². The van der Waals surface area contributed by atoms with Gasteiger partial charge in [0.1, 0.15) is 0 Å². The van der Waals surface area contributed by atoms with Crippen LogP contribution >= 0.6 is 0 Å². The lowest BCUT2D eigenvalue weighted by atomic mass is 10.0. The minimum absolute atomic E-state index is 0.164. The molecule has 1 aliphatic heterocycles. The summed E-state index contributed by atoms with van der Waals surface area (Å²) in [6.07, 6.45) is 2.53. The van der Waals surface area contributed by atoms with E-state index in [4.69, 9.17) is 15.9 Å². The highest BCUT2D eigenvalue weighted by atomic mass is 16.6. The Balaban J connectivity index is 2.38. The normalized spacial score (nSPS) is 21.8. The van der Waals surface area contributed by atoms with E-state index in [9.17, 15) is 19.2 Å². The molecule has 1 aromatic rings. The summed E-state index contributed by atoms with van der Waals surface area (Å²) in [4.78, 5) is 48.9. The van der Waals surface area contributed by atoms with Crippen LogP contribution in [0, 0.1) is 12.3 Å². The highest BCUT2D eigenvalue weighted by Gasteiger charge is 2.52. The molecule has 1 heterocycles. The average molecular weight is 357 g/mol. The molecule has 0 bridgehead atoms. The molecule has 26 heavy (non-hydrogen) atoms. The first kappa shape index (κ1) is 19.2. The molecule has 0 aliphatic carbocycles. The Kier molecular flexibility index (Phi) is 6.12. The highest BCUT2D eigenvalue weighted by molar-refractivity contribution is 5.96. The lowest BCUT2D eigenvalue weighted by Crippen LogP contribution is -2.41. The molecule has 1 aromatic carbocycles. The zero-order valence-corrected chi connectivity index (χ0v) is 14.5. The van der Waals surface area contributed by atoms with Crippen molar-refractivity contribution in [1.82, 2.24) is 4.90 Å². The molecule has 2 rings (SSSR count). The number of amides is 1. The van der Waals surface area contributed by atoms with Crippen molar-refractivity contribution in [1.29, 1.82) is 0 Å². The molecule has 0 aromatic heterocycles. The van der Waals surface area contributed by atoms with E-state index < -0.39 is 41.9 Å². The third-order valence-corrected chi connectivity index (χ3v) is 3.95. The summed E-state index contributed by atoms with van der Waals surface area (Å²) < 4.78 is 10.3. The largest absolute Gasteiger partial charge is 0.456 e. The number of likely N-dealkylation sites (tertiary alicyclic amines) is 1. The second kappa shape index (κ2) is 8.30. The summed E-state index contributed by atoms with van der Waals surface area (Å²) in [5.74, 6) is -0.425. The molecule has 7 nitrogen and oxygen atoms in total. The van der Waals surface area contributed by atoms with E-state index in [2.05, 4.69) is 0 Å². The lowest BCUT2D eigenvalue weighted by molar-refractivity contribution is -0.166. The average Bonchev–Trinajstić information content (AvgIpc) is 2.80. The Labute approximate surface area is 151 Å². The number of carbonyl (C=O) groups excluding carboxylic acids is 4. The van der Waals surface area contributed by atoms with Gasteiger partial charge in [0.2, 0.25) is 11.9 Å². The summed E-state index contributed by atoms with van der Waals surface area (Å²) in [6.45, 7) is 2.49. The van der Waals surface area contributed by atoms with Gasteiger partial charge in [0.05, 0.1) is 6.04 Å². The third kappa shape index (κ3) is 4.48. The molecule has 1 saturated heterocycles. The summed E-state index contributed by atoms with van der Waals surface area (Å²) in [6, 6.07) is 8.26. The fourth-order valence-corrected chi connectivity index (χ4v) is 2.93. The predicted molar refractivity (Wildman–Crippen MR) is 90.3 cm³/mol. The second-order valence-corrected chi connectivity index (χ2v) is 5.89. The van der Waals surface area contributed by atoms with Crippen LogP contribution < -0.4 is 0 Å². The Bertz CT molecular complexity index is 751. The minimum Gasteiger partial charge on any atom is -0.456 e. The van der Waals surface area contributed by atoms with Gasteiger partial charge in [0.15, 0.2) is 6.10 Å². The molecule has 136 valence electrons. The van der Waals surface area contributed by atoms with Gasteiger partial charge in [-0.15, -0.1) is 6.42 Å². The summed E-state index contributed by atoms with van der Waals surface area (Å²) in [5, 5.41) is 0. The quantitative estimate of drug-likeness (QED) is 0.426. The van der Waals surface area contributed by atoms with Crippen LogP contribution in [0.1, 0.15) is 25.8 Å². The Hall–Kier alpha value is -3.14. The molecule has 0 N–H and O–H groups in total. The summed E-state index contributed by atoms with van der Waals surface area (Å²) in [5.41, 5.74) is 0.809. The molecule has 1 amide bonds. The Morgan fingerprint density at radius 2 is 1.73 bits per heavy atom. The van der Waals surface area contributed by atoms with Crippen molar-refractivity contribution in [3.63, 3.8) is 0 Å². The maximum atomic E-state index is 12.8. The number of hydrogen-bond acceptors (Lipinski definition) is 6. The van der Waals surface area contributed by atoms with Crippen LogP contribution in [0.5, 0.6) is 0 Å². The Morgan fingerprint density at radius 1 is 1.12 bits per heavy atom. The van der Waals surface area contributed by atoms with Gasteiger partial charge in [-0.05, 0) is 11.5 Å². The topological polar surface area (TPSA) is 90.0 Å². The zero-order valence-electron chi connectivity index (χ0n) is 14.5. The molecule has 1 fully saturated rings. The van der Waals surface area contributed by atoms with Gasteiger partial charge in [-0.25, -0.2) is 0 Å². The van der Waals surface area contributed by atoms with Crippen LogP contribution in [-0.2, 0) is 35.2 Å². The summed E-state index contributed by atoms with van der Waals surface area (Å²) in [7, 11) is 0. The standard InChI is InChI=1S/C19H19NO6/c1-4-15(23)10-16-17(25-12(2)21)18(26-13(3)22)19(24)20(16)11-14-8-6-5-7-9-14/h1,5-9,16-18H,10-11H2,2-3H3/t16?,17-,18+/m1/s1. The molecule has 3 atom stereocenters. The number of esters is 2. The fourth-order valence-electron chi connectivity index (χ4n) is 2.93. The number of hydrogen-bond donors (Lipinski definition) is 0. The number of Topliss-reactive ketones (excluding diaryl/α,β-unsaturated/α-hetero) is 1. The lowest BCUT2D eigenvalue weighted by Gasteiger charge is -2.26. The van der Waals surface area contributed by atoms with Crippen LogP contribution in [0.25, 0.3) is 0 Å². The van der Waals surface area contributed by atoms with Crippen LogP contribution in [0.3, 0.4) is 0 Å². The molecule has 0 radical (unpaired) electrons. The number of terminal acetylenes is 1. The van der Waals surface area contributed by atoms with Crippen molar-refractivity contribution in [2.75, 3.05) is 0 Å². The molecular formula is C19H19NO6. The van der Waals surface area contributed by atoms with Gasteiger partial charge >= 0.3 is 11.9 Å². The molecule has 7 heteroatoms. The van der Waals surface area contributed by atoms with Crippen LogP contribution in [0.2, 0.25) is 0 Å². The maximum absolute atomic E-state index is 12.8. The van der Waals surface area contributed by atoms with Crippen LogP contribution in [0.15, 0.2) is 30.3 Å². The van der Waals surface area contributed by atoms with Gasteiger partial charge in [-0.2, -0.15) is 0 Å². The SMILES string of the molecule is C#CC(=O)CC1[C@@H](OC(C)=O)[C@H](OC(C)=O)C(=O)N1Cc1ccccc1. The number of nitrogens with zero attached hydrogens (tertiary/aromatic N) is 1. The predicted octanol–water partition coefficient (Wildman–Crippen LogP) is 0.853. The number of ketones is 1. The van der Waals surface area contributed by atoms with Gasteiger partial charge in [0, 0.05) is 26.8 Å². The molecule has 1 unspecified atom stereocenters. The number of rotatable bonds is 6. The Morgan fingerprint density at radius 3 is 2.27 bits per heavy atom. The van der Waals surface area contributed by atoms with E-state index in [0.29, 0.717) is 0 Å². The van der Waals surface area contributed by atoms with E-state index in [1.54, 1.807) is 0 Å². The number of benzene rings is 1. The van der Waals surface area contributed by atoms with Crippen LogP contribution in [0.4, 0.5) is 0 Å². The fraction of sp³-hybridized carbons (Fsp3) is 0.368. The van der Waals surface area contributed by atoms with Crippen molar-refractivity contribution in [3.8, 4) is 12.3 Å². The second-order valence-electron chi connectivity index (χ2n) is 5.89. The maximum Gasteiger partial charge on any atom is 0.303 e. The number of ether oxygens (including phenoxy) is 2. The first-order valence-corrected chi connectivity index (χ1v) is 8.01. The first-order chi connectivity index (χ1) is 12.3. The third-order valence-electron chi connectivity index (χ3n) is 3.95. The zero-order chi connectivity index (χ0) is 19.3. The van der Waals surface area contributed by atoms with Crippen molar-refractivity contribution < 1.29 is 28.7 Å². The first-order valence-electron chi connectivity index (χ1n) is 8.01. The summed E-state index contributed by atoms with van der Waals surface area (Å²) >= 11 is 0. The molecule has 0 spiro atoms. The van der Waals surface area contributed by atoms with Crippen molar-refractivity contribution >= 4 is 23.6 Å². The molecule has 0 saturated carbocycles. The molecule has 1 aliphatic rings. The van der Waals surface area contributed by atoms with E-state index in [1.165, 1.54) is 11.8 Å². The van der Waals surface area contributed by atoms with Crippen molar-refractivity contribution in [2.24, 2.45) is 0 Å². The van der Waals surface area contributed by atoms with Crippen LogP contribution in [-0.4, -0.2) is 46.8 Å². The molecular weight excluding hydrogens is 338 g/mol. The van der Waals surface area contributed by atoms with E-state index in [1.807, 2.05) is 36.3 Å². The van der Waals surface area contributed by atoms with Gasteiger partial charge < -0.3 is 14.4 Å². The van der Waals surface area contributed by atoms with E-state index >= 15 is 0 Å². The van der Waals surface area contributed by atoms with Crippen molar-refractivity contribution in [2.45, 2.75) is 45.1 Å². The van der Waals surface area contributed by atoms with E-state index in [0.717, 1.165) is 12.5 Å². The minimum atomic E-state index is -1.31. The highest BCUT2D eigenvalue weighted by Crippen LogP contribution is 2.30. The van der Waals surface area contributed by atoms with Gasteiger partial charge in [-0.1, -0.05) is 30.3 Å². The van der Waals surface area contributed by atoms with Crippen molar-refractivity contribution in [3.05, 3.63) is 35.9 Å². The van der Waals surface area contributed by atoms with Gasteiger partial charge in [0.25, 0.3) is 5.91 Å².